The monoisotopic (exact) mass is 406 g/mol. The predicted molar refractivity (Wildman–Crippen MR) is 118 cm³/mol. The number of rotatable bonds is 6. The topological polar surface area (TPSA) is 89.0 Å². The molecule has 6 heteroatoms. The van der Waals surface area contributed by atoms with E-state index in [0.29, 0.717) is 23.7 Å². The molecule has 1 aliphatic rings. The molecule has 1 amide bonds. The second kappa shape index (κ2) is 9.73. The Morgan fingerprint density at radius 2 is 2.00 bits per heavy atom. The molecule has 0 radical (unpaired) electrons. The van der Waals surface area contributed by atoms with Gasteiger partial charge >= 0.3 is 0 Å². The average Bonchev–Trinajstić information content (AvgIpc) is 2.71. The smallest absolute Gasteiger partial charge is 0.266 e. The Bertz CT molecular complexity index is 1000. The van der Waals surface area contributed by atoms with Crippen LogP contribution in [-0.2, 0) is 17.8 Å². The fourth-order valence-corrected chi connectivity index (χ4v) is 4.20. The summed E-state index contributed by atoms with van der Waals surface area (Å²) in [6.07, 6.45) is 4.60. The zero-order valence-electron chi connectivity index (χ0n) is 18.0. The van der Waals surface area contributed by atoms with Crippen LogP contribution in [0.15, 0.2) is 29.1 Å². The molecule has 1 aliphatic heterocycles. The van der Waals surface area contributed by atoms with E-state index in [-0.39, 0.29) is 23.5 Å². The highest BCUT2D eigenvalue weighted by Crippen LogP contribution is 2.20. The third kappa shape index (κ3) is 5.17. The number of hydrogen-bond donors (Lipinski definition) is 2. The molecule has 2 heterocycles. The first-order valence-corrected chi connectivity index (χ1v) is 10.6. The lowest BCUT2D eigenvalue weighted by atomic mass is 9.99. The number of likely N-dealkylation sites (tertiary alicyclic amines) is 1. The zero-order valence-corrected chi connectivity index (χ0v) is 18.0. The summed E-state index contributed by atoms with van der Waals surface area (Å²) in [7, 11) is 0. The average molecular weight is 407 g/mol. The number of aromatic amines is 1. The predicted octanol–water partition coefficient (Wildman–Crippen LogP) is 3.81. The van der Waals surface area contributed by atoms with Crippen molar-refractivity contribution in [2.45, 2.75) is 65.5 Å². The first kappa shape index (κ1) is 21.8. The summed E-state index contributed by atoms with van der Waals surface area (Å²) in [5, 5.41) is 12.1. The molecule has 0 saturated carbocycles. The summed E-state index contributed by atoms with van der Waals surface area (Å²) < 4.78 is 0. The van der Waals surface area contributed by atoms with Gasteiger partial charge in [-0.2, -0.15) is 5.26 Å². The van der Waals surface area contributed by atoms with Crippen LogP contribution in [-0.4, -0.2) is 28.4 Å². The summed E-state index contributed by atoms with van der Waals surface area (Å²) in [6.45, 7) is 7.94. The summed E-state index contributed by atoms with van der Waals surface area (Å²) in [6, 6.07) is 10.6. The van der Waals surface area contributed by atoms with E-state index in [2.05, 4.69) is 34.3 Å². The minimum Gasteiger partial charge on any atom is -0.326 e. The van der Waals surface area contributed by atoms with Gasteiger partial charge in [0.1, 0.15) is 11.6 Å². The van der Waals surface area contributed by atoms with Gasteiger partial charge in [-0.3, -0.25) is 14.5 Å². The Morgan fingerprint density at radius 3 is 2.67 bits per heavy atom. The first-order valence-electron chi connectivity index (χ1n) is 10.6. The molecule has 30 heavy (non-hydrogen) atoms. The van der Waals surface area contributed by atoms with Gasteiger partial charge in [-0.1, -0.05) is 18.6 Å². The van der Waals surface area contributed by atoms with E-state index < -0.39 is 0 Å². The van der Waals surface area contributed by atoms with Gasteiger partial charge in [-0.05, 0) is 75.4 Å². The molecule has 1 atom stereocenters. The Morgan fingerprint density at radius 1 is 1.27 bits per heavy atom. The summed E-state index contributed by atoms with van der Waals surface area (Å²) >= 11 is 0. The van der Waals surface area contributed by atoms with E-state index in [1.165, 1.54) is 24.8 Å². The number of nitrogens with zero attached hydrogens (tertiary/aromatic N) is 2. The fourth-order valence-electron chi connectivity index (χ4n) is 4.20. The van der Waals surface area contributed by atoms with Crippen LogP contribution >= 0.6 is 0 Å². The van der Waals surface area contributed by atoms with Crippen molar-refractivity contribution in [3.63, 3.8) is 0 Å². The molecule has 2 aromatic rings. The van der Waals surface area contributed by atoms with Crippen molar-refractivity contribution in [1.82, 2.24) is 9.88 Å². The minimum atomic E-state index is -0.375. The van der Waals surface area contributed by atoms with Crippen molar-refractivity contribution in [2.75, 3.05) is 11.9 Å². The second-order valence-corrected chi connectivity index (χ2v) is 8.23. The molecule has 2 N–H and O–H groups in total. The highest BCUT2D eigenvalue weighted by atomic mass is 16.1. The maximum absolute atomic E-state index is 12.4. The molecule has 0 bridgehead atoms. The van der Waals surface area contributed by atoms with Crippen LogP contribution in [0, 0.1) is 25.2 Å². The van der Waals surface area contributed by atoms with Crippen LogP contribution < -0.4 is 10.9 Å². The van der Waals surface area contributed by atoms with E-state index in [1.54, 1.807) is 13.8 Å². The Balaban J connectivity index is 1.57. The van der Waals surface area contributed by atoms with E-state index >= 15 is 0 Å². The van der Waals surface area contributed by atoms with Gasteiger partial charge in [0.2, 0.25) is 5.91 Å². The quantitative estimate of drug-likeness (QED) is 0.763. The molecular weight excluding hydrogens is 376 g/mol. The summed E-state index contributed by atoms with van der Waals surface area (Å²) in [4.78, 5) is 29.5. The Kier molecular flexibility index (Phi) is 7.07. The number of nitrogens with one attached hydrogen (secondary N) is 2. The summed E-state index contributed by atoms with van der Waals surface area (Å²) in [5.41, 5.74) is 4.00. The lowest BCUT2D eigenvalue weighted by Gasteiger charge is -2.33. The lowest BCUT2D eigenvalue weighted by Crippen LogP contribution is -2.36. The third-order valence-electron chi connectivity index (χ3n) is 6.09. The number of carbonyl (C=O) groups is 1. The molecule has 1 unspecified atom stereocenters. The molecule has 1 aromatic heterocycles. The SMILES string of the molecule is Cc1[nH]c(=O)c(C#N)c(C)c1CCC(=O)Nc1ccc(CN2CCCCC2C)cc1. The number of nitriles is 1. The second-order valence-electron chi connectivity index (χ2n) is 8.23. The molecule has 1 aromatic carbocycles. The number of hydrogen-bond acceptors (Lipinski definition) is 4. The summed E-state index contributed by atoms with van der Waals surface area (Å²) in [5.74, 6) is -0.0871. The number of aromatic nitrogens is 1. The number of aryl methyl sites for hydroxylation is 1. The first-order chi connectivity index (χ1) is 14.4. The highest BCUT2D eigenvalue weighted by Gasteiger charge is 2.18. The maximum atomic E-state index is 12.4. The van der Waals surface area contributed by atoms with Crippen LogP contribution in [0.25, 0.3) is 0 Å². The number of anilines is 1. The van der Waals surface area contributed by atoms with Gasteiger partial charge in [0.15, 0.2) is 0 Å². The van der Waals surface area contributed by atoms with Gasteiger partial charge in [0.05, 0.1) is 0 Å². The van der Waals surface area contributed by atoms with Crippen molar-refractivity contribution >= 4 is 11.6 Å². The molecule has 0 spiro atoms. The molecule has 6 nitrogen and oxygen atoms in total. The van der Waals surface area contributed by atoms with Crippen molar-refractivity contribution in [2.24, 2.45) is 0 Å². The van der Waals surface area contributed by atoms with Crippen LogP contribution in [0.4, 0.5) is 5.69 Å². The van der Waals surface area contributed by atoms with Crippen LogP contribution in [0.2, 0.25) is 0 Å². The third-order valence-corrected chi connectivity index (χ3v) is 6.09. The number of benzene rings is 1. The van der Waals surface area contributed by atoms with Crippen LogP contribution in [0.3, 0.4) is 0 Å². The lowest BCUT2D eigenvalue weighted by molar-refractivity contribution is -0.116. The fraction of sp³-hybridized carbons (Fsp3) is 0.458. The number of H-pyrrole nitrogens is 1. The minimum absolute atomic E-state index is 0.0871. The van der Waals surface area contributed by atoms with Crippen molar-refractivity contribution in [1.29, 1.82) is 5.26 Å². The van der Waals surface area contributed by atoms with Crippen LogP contribution in [0.1, 0.15) is 60.6 Å². The van der Waals surface area contributed by atoms with Gasteiger partial charge in [-0.25, -0.2) is 0 Å². The molecule has 158 valence electrons. The van der Waals surface area contributed by atoms with E-state index in [0.717, 1.165) is 24.3 Å². The van der Waals surface area contributed by atoms with Crippen molar-refractivity contribution in [3.05, 3.63) is 62.6 Å². The normalized spacial score (nSPS) is 16.8. The van der Waals surface area contributed by atoms with Crippen LogP contribution in [0.5, 0.6) is 0 Å². The molecule has 0 aliphatic carbocycles. The van der Waals surface area contributed by atoms with Gasteiger partial charge < -0.3 is 10.3 Å². The standard InChI is InChI=1S/C24H30N4O2/c1-16-6-4-5-13-28(16)15-19-7-9-20(10-8-19)27-23(29)12-11-21-17(2)22(14-25)24(30)26-18(21)3/h7-10,16H,4-6,11-13,15H2,1-3H3,(H,26,30)(H,27,29). The van der Waals surface area contributed by atoms with E-state index in [1.807, 2.05) is 18.2 Å². The Labute approximate surface area is 177 Å². The van der Waals surface area contributed by atoms with Crippen molar-refractivity contribution < 1.29 is 4.79 Å². The van der Waals surface area contributed by atoms with Gasteiger partial charge in [-0.15, -0.1) is 0 Å². The van der Waals surface area contributed by atoms with E-state index in [4.69, 9.17) is 0 Å². The highest BCUT2D eigenvalue weighted by molar-refractivity contribution is 5.90. The van der Waals surface area contributed by atoms with E-state index in [9.17, 15) is 14.9 Å². The number of carbonyl (C=O) groups excluding carboxylic acids is 1. The number of amides is 1. The Hall–Kier alpha value is -2.91. The maximum Gasteiger partial charge on any atom is 0.266 e. The largest absolute Gasteiger partial charge is 0.326 e. The molecule has 3 rings (SSSR count). The number of pyridine rings is 1. The molecule has 1 saturated heterocycles. The number of piperidine rings is 1. The van der Waals surface area contributed by atoms with Gasteiger partial charge in [0, 0.05) is 30.4 Å². The molecular formula is C24H30N4O2. The van der Waals surface area contributed by atoms with Crippen molar-refractivity contribution in [3.8, 4) is 6.07 Å². The molecule has 1 fully saturated rings. The van der Waals surface area contributed by atoms with Gasteiger partial charge in [0.25, 0.3) is 5.56 Å². The zero-order chi connectivity index (χ0) is 21.7.